The summed E-state index contributed by atoms with van der Waals surface area (Å²) in [5.74, 6) is 2.42. The van der Waals surface area contributed by atoms with Gasteiger partial charge in [-0.05, 0) is 76.9 Å². The first kappa shape index (κ1) is 57.9. The number of hydrogen-bond donors (Lipinski definition) is 2. The van der Waals surface area contributed by atoms with E-state index in [9.17, 15) is 9.59 Å². The molecule has 6 aromatic rings. The molecule has 2 aromatic carbocycles. The number of aryl methyl sites for hydroxylation is 4. The number of halogens is 2. The number of hydrogen-bond acceptors (Lipinski definition) is 17. The van der Waals surface area contributed by atoms with Crippen LogP contribution in [0.1, 0.15) is 91.4 Å². The molecule has 2 atom stereocenters. The average molecular weight is 1130 g/mol. The highest BCUT2D eigenvalue weighted by atomic mass is 35.5. The molecule has 2 amide bonds. The topological polar surface area (TPSA) is 209 Å². The summed E-state index contributed by atoms with van der Waals surface area (Å²) in [4.78, 5) is 39.1. The molecule has 1 unspecified atom stereocenters. The van der Waals surface area contributed by atoms with Crippen molar-refractivity contribution in [3.8, 4) is 10.0 Å². The number of aliphatic imine (C=N–C) groups is 2. The molecule has 77 heavy (non-hydrogen) atoms. The standard InChI is InChI=1S/C54H66Cl2N10O9S2/c1-33-35(3)76-53-47(33)49(39-7-11-41(55)12-8-39)59-43(51-63-61-37(5)65(51)53)31-45(67)57-15-17-69-19-21-71-23-25-73-27-29-75-30-28-74-26-24-72-22-20-70-18-16-58-46(68)32-44-52-64-62-38(6)66(52)54-48(34(2)36(4)77-54)50(60-44)40-9-13-42(56)14-10-40/h7-14,43-44H,15-32H2,1-6H3,(H,57,67)(H,58,68)/t43-,44?/m0/s1. The maximum absolute atomic E-state index is 13.2. The Morgan fingerprint density at radius 1 is 0.481 bits per heavy atom. The van der Waals surface area contributed by atoms with Crippen molar-refractivity contribution in [2.24, 2.45) is 9.98 Å². The lowest BCUT2D eigenvalue weighted by molar-refractivity contribution is -0.122. The lowest BCUT2D eigenvalue weighted by Gasteiger charge is -2.13. The van der Waals surface area contributed by atoms with Crippen LogP contribution in [0.2, 0.25) is 10.0 Å². The molecule has 4 aromatic heterocycles. The number of benzene rings is 2. The third-order valence-corrected chi connectivity index (χ3v) is 15.7. The highest BCUT2D eigenvalue weighted by Gasteiger charge is 2.34. The monoisotopic (exact) mass is 1130 g/mol. The molecule has 0 saturated heterocycles. The van der Waals surface area contributed by atoms with Crippen LogP contribution in [0.3, 0.4) is 0 Å². The van der Waals surface area contributed by atoms with Crippen LogP contribution in [0.4, 0.5) is 0 Å². The number of fused-ring (bicyclic) bond motifs is 6. The van der Waals surface area contributed by atoms with Gasteiger partial charge in [0.25, 0.3) is 0 Å². The van der Waals surface area contributed by atoms with Crippen molar-refractivity contribution in [3.05, 3.63) is 125 Å². The van der Waals surface area contributed by atoms with Crippen LogP contribution in [0.15, 0.2) is 58.5 Å². The molecule has 0 fully saturated rings. The SMILES string of the molecule is Cc1sc2c(c1C)C(c1ccc(Cl)cc1)=NC(CC(=O)NCCOCCOCCOCCOCCOCCOCCOCCNC(=O)C[C@@H]1N=C(c3ccc(Cl)cc3)c3c(sc(C)c3C)-n3c(C)nnc31)c1nnc(C)n1-2. The molecule has 0 bridgehead atoms. The number of amides is 2. The van der Waals surface area contributed by atoms with E-state index in [0.717, 1.165) is 66.5 Å². The van der Waals surface area contributed by atoms with E-state index in [-0.39, 0.29) is 24.7 Å². The molecule has 0 saturated carbocycles. The zero-order chi connectivity index (χ0) is 54.3. The largest absolute Gasteiger partial charge is 0.377 e. The molecule has 23 heteroatoms. The normalized spacial score (nSPS) is 14.8. The van der Waals surface area contributed by atoms with Gasteiger partial charge in [0.05, 0.1) is 117 Å². The first-order valence-corrected chi connectivity index (χ1v) is 28.1. The maximum atomic E-state index is 13.2. The van der Waals surface area contributed by atoms with Crippen molar-refractivity contribution in [2.45, 2.75) is 66.5 Å². The molecular weight excluding hydrogens is 1070 g/mol. The number of carbonyl (C=O) groups is 2. The van der Waals surface area contributed by atoms with Crippen LogP contribution in [-0.2, 0) is 42.7 Å². The van der Waals surface area contributed by atoms with Gasteiger partial charge in [-0.15, -0.1) is 43.1 Å². The van der Waals surface area contributed by atoms with Crippen LogP contribution in [0.5, 0.6) is 0 Å². The van der Waals surface area contributed by atoms with Gasteiger partial charge in [0.15, 0.2) is 11.6 Å². The van der Waals surface area contributed by atoms with E-state index >= 15 is 0 Å². The quantitative estimate of drug-likeness (QED) is 0.0414. The Bertz CT molecular complexity index is 2790. The van der Waals surface area contributed by atoms with E-state index < -0.39 is 12.1 Å². The number of ether oxygens (including phenoxy) is 7. The molecule has 2 aliphatic rings. The van der Waals surface area contributed by atoms with Crippen molar-refractivity contribution < 1.29 is 42.7 Å². The van der Waals surface area contributed by atoms with Gasteiger partial charge in [-0.25, -0.2) is 0 Å². The number of thiophene rings is 2. The Balaban J connectivity index is 0.601. The predicted octanol–water partition coefficient (Wildman–Crippen LogP) is 7.74. The molecule has 0 radical (unpaired) electrons. The molecule has 6 heterocycles. The van der Waals surface area contributed by atoms with Crippen molar-refractivity contribution in [3.63, 3.8) is 0 Å². The van der Waals surface area contributed by atoms with E-state index in [1.807, 2.05) is 71.5 Å². The average Bonchev–Trinajstić information content (AvgIpc) is 4.11. The number of nitrogens with one attached hydrogen (secondary N) is 2. The summed E-state index contributed by atoms with van der Waals surface area (Å²) in [6.07, 6.45) is 0.204. The number of rotatable bonds is 30. The molecule has 19 nitrogen and oxygen atoms in total. The van der Waals surface area contributed by atoms with Gasteiger partial charge in [0, 0.05) is 55.1 Å². The fourth-order valence-electron chi connectivity index (χ4n) is 8.71. The Labute approximate surface area is 466 Å². The molecular formula is C54H66Cl2N10O9S2. The van der Waals surface area contributed by atoms with Crippen molar-refractivity contribution in [1.82, 2.24) is 40.2 Å². The molecule has 0 aliphatic carbocycles. The predicted molar refractivity (Wildman–Crippen MR) is 298 cm³/mol. The van der Waals surface area contributed by atoms with Crippen LogP contribution in [0, 0.1) is 41.5 Å². The number of nitrogens with zero attached hydrogens (tertiary/aromatic N) is 8. The van der Waals surface area contributed by atoms with E-state index in [4.69, 9.17) is 66.3 Å². The fraction of sp³-hybridized carbons (Fsp3) is 0.481. The summed E-state index contributed by atoms with van der Waals surface area (Å²) in [7, 11) is 0. The second-order valence-corrected chi connectivity index (χ2v) is 21.5. The Morgan fingerprint density at radius 2 is 0.792 bits per heavy atom. The minimum absolute atomic E-state index is 0.102. The number of carbonyl (C=O) groups excluding carboxylic acids is 2. The van der Waals surface area contributed by atoms with E-state index in [1.54, 1.807) is 22.7 Å². The Kier molecular flexibility index (Phi) is 21.4. The van der Waals surface area contributed by atoms with E-state index in [0.29, 0.717) is 127 Å². The van der Waals surface area contributed by atoms with Gasteiger partial charge < -0.3 is 43.8 Å². The molecule has 412 valence electrons. The minimum atomic E-state index is -0.545. The van der Waals surface area contributed by atoms with Crippen molar-refractivity contribution in [1.29, 1.82) is 0 Å². The smallest absolute Gasteiger partial charge is 0.222 e. The summed E-state index contributed by atoms with van der Waals surface area (Å²) in [5.41, 5.74) is 7.75. The van der Waals surface area contributed by atoms with Crippen LogP contribution in [0.25, 0.3) is 10.0 Å². The lowest BCUT2D eigenvalue weighted by Crippen LogP contribution is -2.29. The summed E-state index contributed by atoms with van der Waals surface area (Å²) in [6.45, 7) is 18.6. The highest BCUT2D eigenvalue weighted by Crippen LogP contribution is 2.41. The van der Waals surface area contributed by atoms with Gasteiger partial charge in [0.2, 0.25) is 11.8 Å². The molecule has 8 rings (SSSR count). The van der Waals surface area contributed by atoms with E-state index in [1.165, 1.54) is 9.75 Å². The molecule has 0 spiro atoms. The third kappa shape index (κ3) is 15.1. The van der Waals surface area contributed by atoms with Gasteiger partial charge in [-0.1, -0.05) is 47.5 Å². The van der Waals surface area contributed by atoms with Crippen LogP contribution in [-0.4, -0.2) is 158 Å². The Hall–Kier alpha value is -5.30. The van der Waals surface area contributed by atoms with Gasteiger partial charge in [-0.2, -0.15) is 0 Å². The van der Waals surface area contributed by atoms with Crippen molar-refractivity contribution in [2.75, 3.05) is 106 Å². The molecule has 2 N–H and O–H groups in total. The van der Waals surface area contributed by atoms with Gasteiger partial charge >= 0.3 is 0 Å². The maximum Gasteiger partial charge on any atom is 0.222 e. The zero-order valence-corrected chi connectivity index (χ0v) is 47.5. The van der Waals surface area contributed by atoms with E-state index in [2.05, 4.69) is 58.7 Å². The zero-order valence-electron chi connectivity index (χ0n) is 44.3. The van der Waals surface area contributed by atoms with Gasteiger partial charge in [-0.3, -0.25) is 28.7 Å². The second-order valence-electron chi connectivity index (χ2n) is 18.2. The van der Waals surface area contributed by atoms with Crippen molar-refractivity contribution >= 4 is 69.1 Å². The minimum Gasteiger partial charge on any atom is -0.377 e. The second kappa shape index (κ2) is 28.5. The summed E-state index contributed by atoms with van der Waals surface area (Å²) in [6, 6.07) is 14.1. The first-order valence-electron chi connectivity index (χ1n) is 25.7. The van der Waals surface area contributed by atoms with Crippen LogP contribution >= 0.6 is 45.9 Å². The first-order chi connectivity index (χ1) is 37.4. The third-order valence-electron chi connectivity index (χ3n) is 12.8. The highest BCUT2D eigenvalue weighted by molar-refractivity contribution is 7.15. The molecule has 2 aliphatic heterocycles. The van der Waals surface area contributed by atoms with Crippen LogP contribution < -0.4 is 10.6 Å². The summed E-state index contributed by atoms with van der Waals surface area (Å²) < 4.78 is 43.4. The summed E-state index contributed by atoms with van der Waals surface area (Å²) in [5, 5.41) is 26.9. The Morgan fingerprint density at radius 3 is 1.12 bits per heavy atom. The lowest BCUT2D eigenvalue weighted by atomic mass is 9.99. The summed E-state index contributed by atoms with van der Waals surface area (Å²) >= 11 is 15.8. The van der Waals surface area contributed by atoms with Gasteiger partial charge in [0.1, 0.15) is 33.7 Å². The number of aromatic nitrogens is 6. The fourth-order valence-corrected chi connectivity index (χ4v) is 11.4.